The van der Waals surface area contributed by atoms with Crippen LogP contribution in [0.2, 0.25) is 0 Å². The molecule has 2 aliphatic rings. The molecule has 0 radical (unpaired) electrons. The van der Waals surface area contributed by atoms with Crippen molar-refractivity contribution in [3.05, 3.63) is 34.9 Å². The molecule has 0 atom stereocenters. The van der Waals surface area contributed by atoms with Crippen molar-refractivity contribution in [2.45, 2.75) is 38.6 Å². The molecule has 1 saturated heterocycles. The van der Waals surface area contributed by atoms with Gasteiger partial charge >= 0.3 is 0 Å². The van der Waals surface area contributed by atoms with Crippen molar-refractivity contribution < 1.29 is 0 Å². The largest absolute Gasteiger partial charge is 0.317 e. The molecule has 1 aliphatic heterocycles. The molecule has 1 aromatic carbocycles. The molecule has 0 aromatic heterocycles. The lowest BCUT2D eigenvalue weighted by Gasteiger charge is -2.27. The molecule has 1 N–H and O–H groups in total. The van der Waals surface area contributed by atoms with Crippen molar-refractivity contribution in [3.8, 4) is 0 Å². The third-order valence-electron chi connectivity index (χ3n) is 4.64. The Morgan fingerprint density at radius 2 is 1.95 bits per heavy atom. The molecule has 1 heterocycles. The second-order valence-electron chi connectivity index (χ2n) is 6.35. The fourth-order valence-electron chi connectivity index (χ4n) is 3.60. The summed E-state index contributed by atoms with van der Waals surface area (Å²) in [6, 6.07) is 7.14. The van der Waals surface area contributed by atoms with Crippen molar-refractivity contribution in [2.75, 3.05) is 26.7 Å². The van der Waals surface area contributed by atoms with E-state index >= 15 is 0 Å². The Balaban J connectivity index is 1.55. The second-order valence-corrected chi connectivity index (χ2v) is 6.35. The van der Waals surface area contributed by atoms with Gasteiger partial charge in [-0.1, -0.05) is 18.2 Å². The number of nitrogens with one attached hydrogen (secondary N) is 1. The number of hydrogen-bond donors (Lipinski definition) is 1. The van der Waals surface area contributed by atoms with E-state index in [-0.39, 0.29) is 0 Å². The highest BCUT2D eigenvalue weighted by atomic mass is 15.1. The normalized spacial score (nSPS) is 19.9. The van der Waals surface area contributed by atoms with Gasteiger partial charge < -0.3 is 10.2 Å². The van der Waals surface area contributed by atoms with E-state index in [0.717, 1.165) is 12.5 Å². The van der Waals surface area contributed by atoms with Gasteiger partial charge in [0.15, 0.2) is 0 Å². The van der Waals surface area contributed by atoms with Crippen molar-refractivity contribution in [3.63, 3.8) is 0 Å². The number of piperidine rings is 1. The van der Waals surface area contributed by atoms with Gasteiger partial charge in [0, 0.05) is 13.1 Å². The average Bonchev–Trinajstić information content (AvgIpc) is 2.87. The van der Waals surface area contributed by atoms with Crippen LogP contribution in [0.25, 0.3) is 0 Å². The minimum atomic E-state index is 0.890. The van der Waals surface area contributed by atoms with Gasteiger partial charge in [0.05, 0.1) is 0 Å². The monoisotopic (exact) mass is 258 g/mol. The standard InChI is InChI=1S/C17H26N2/c1-19(12-14-7-9-18-10-8-14)13-15-5-6-16-3-2-4-17(16)11-15/h5-6,11,14,18H,2-4,7-10,12-13H2,1H3. The Kier molecular flexibility index (Phi) is 4.19. The molecular weight excluding hydrogens is 232 g/mol. The second kappa shape index (κ2) is 6.06. The molecule has 1 fully saturated rings. The van der Waals surface area contributed by atoms with Gasteiger partial charge in [-0.15, -0.1) is 0 Å². The summed E-state index contributed by atoms with van der Waals surface area (Å²) in [5.41, 5.74) is 4.69. The number of nitrogens with zero attached hydrogens (tertiary/aromatic N) is 1. The fourth-order valence-corrected chi connectivity index (χ4v) is 3.60. The first-order valence-electron chi connectivity index (χ1n) is 7.81. The summed E-state index contributed by atoms with van der Waals surface area (Å²) in [4.78, 5) is 2.51. The SMILES string of the molecule is CN(Cc1ccc2c(c1)CCC2)CC1CCNCC1. The summed E-state index contributed by atoms with van der Waals surface area (Å²) in [5, 5.41) is 3.45. The highest BCUT2D eigenvalue weighted by molar-refractivity contribution is 5.35. The van der Waals surface area contributed by atoms with Crippen LogP contribution in [0.15, 0.2) is 18.2 Å². The third kappa shape index (κ3) is 3.37. The van der Waals surface area contributed by atoms with Crippen molar-refractivity contribution in [1.29, 1.82) is 0 Å². The lowest BCUT2D eigenvalue weighted by atomic mass is 9.97. The van der Waals surface area contributed by atoms with E-state index in [1.165, 1.54) is 57.3 Å². The van der Waals surface area contributed by atoms with Gasteiger partial charge in [0.2, 0.25) is 0 Å². The van der Waals surface area contributed by atoms with Crippen LogP contribution < -0.4 is 5.32 Å². The van der Waals surface area contributed by atoms with Gasteiger partial charge in [0.1, 0.15) is 0 Å². The number of fused-ring (bicyclic) bond motifs is 1. The average molecular weight is 258 g/mol. The van der Waals surface area contributed by atoms with Gasteiger partial charge in [-0.05, 0) is 74.8 Å². The van der Waals surface area contributed by atoms with Crippen LogP contribution >= 0.6 is 0 Å². The van der Waals surface area contributed by atoms with E-state index in [4.69, 9.17) is 0 Å². The van der Waals surface area contributed by atoms with E-state index in [2.05, 4.69) is 35.5 Å². The number of benzene rings is 1. The van der Waals surface area contributed by atoms with Gasteiger partial charge in [-0.3, -0.25) is 0 Å². The molecule has 0 bridgehead atoms. The molecule has 0 saturated carbocycles. The Morgan fingerprint density at radius 3 is 2.79 bits per heavy atom. The highest BCUT2D eigenvalue weighted by Gasteiger charge is 2.16. The summed E-state index contributed by atoms with van der Waals surface area (Å²) in [7, 11) is 2.27. The molecule has 3 rings (SSSR count). The van der Waals surface area contributed by atoms with Gasteiger partial charge in [-0.25, -0.2) is 0 Å². The molecule has 19 heavy (non-hydrogen) atoms. The lowest BCUT2D eigenvalue weighted by molar-refractivity contribution is 0.234. The van der Waals surface area contributed by atoms with Crippen LogP contribution in [0.1, 0.15) is 36.0 Å². The van der Waals surface area contributed by atoms with Crippen LogP contribution in [0.3, 0.4) is 0 Å². The molecular formula is C17H26N2. The minimum absolute atomic E-state index is 0.890. The van der Waals surface area contributed by atoms with Crippen molar-refractivity contribution in [2.24, 2.45) is 5.92 Å². The third-order valence-corrected chi connectivity index (χ3v) is 4.64. The smallest absolute Gasteiger partial charge is 0.0230 e. The highest BCUT2D eigenvalue weighted by Crippen LogP contribution is 2.23. The molecule has 2 heteroatoms. The molecule has 1 aromatic rings. The van der Waals surface area contributed by atoms with Gasteiger partial charge in [0.25, 0.3) is 0 Å². The quantitative estimate of drug-likeness (QED) is 0.893. The van der Waals surface area contributed by atoms with E-state index in [0.29, 0.717) is 0 Å². The molecule has 0 amide bonds. The Hall–Kier alpha value is -0.860. The predicted molar refractivity (Wildman–Crippen MR) is 80.4 cm³/mol. The van der Waals surface area contributed by atoms with Crippen molar-refractivity contribution in [1.82, 2.24) is 10.2 Å². The Bertz CT molecular complexity index is 421. The van der Waals surface area contributed by atoms with Crippen LogP contribution in [0.4, 0.5) is 0 Å². The molecule has 1 aliphatic carbocycles. The van der Waals surface area contributed by atoms with E-state index in [9.17, 15) is 0 Å². The van der Waals surface area contributed by atoms with Crippen LogP contribution in [-0.4, -0.2) is 31.6 Å². The van der Waals surface area contributed by atoms with E-state index in [1.54, 1.807) is 11.1 Å². The Morgan fingerprint density at radius 1 is 1.16 bits per heavy atom. The fraction of sp³-hybridized carbons (Fsp3) is 0.647. The van der Waals surface area contributed by atoms with Gasteiger partial charge in [-0.2, -0.15) is 0 Å². The lowest BCUT2D eigenvalue weighted by Crippen LogP contribution is -2.34. The van der Waals surface area contributed by atoms with E-state index in [1.807, 2.05) is 0 Å². The molecule has 0 spiro atoms. The maximum atomic E-state index is 3.45. The van der Waals surface area contributed by atoms with Crippen molar-refractivity contribution >= 4 is 0 Å². The first-order valence-corrected chi connectivity index (χ1v) is 7.81. The predicted octanol–water partition coefficient (Wildman–Crippen LogP) is 2.61. The van der Waals surface area contributed by atoms with Crippen LogP contribution in [0, 0.1) is 5.92 Å². The van der Waals surface area contributed by atoms with E-state index < -0.39 is 0 Å². The maximum Gasteiger partial charge on any atom is 0.0230 e. The topological polar surface area (TPSA) is 15.3 Å². The molecule has 0 unspecified atom stereocenters. The summed E-state index contributed by atoms with van der Waals surface area (Å²) >= 11 is 0. The summed E-state index contributed by atoms with van der Waals surface area (Å²) in [6.07, 6.45) is 6.62. The number of hydrogen-bond acceptors (Lipinski definition) is 2. The number of rotatable bonds is 4. The summed E-state index contributed by atoms with van der Waals surface area (Å²) in [5.74, 6) is 0.890. The summed E-state index contributed by atoms with van der Waals surface area (Å²) in [6.45, 7) is 4.77. The Labute approximate surface area is 117 Å². The summed E-state index contributed by atoms with van der Waals surface area (Å²) < 4.78 is 0. The minimum Gasteiger partial charge on any atom is -0.317 e. The number of aryl methyl sites for hydroxylation is 2. The first kappa shape index (κ1) is 13.1. The van der Waals surface area contributed by atoms with Crippen LogP contribution in [0.5, 0.6) is 0 Å². The zero-order valence-corrected chi connectivity index (χ0v) is 12.1. The zero-order chi connectivity index (χ0) is 13.1. The maximum absolute atomic E-state index is 3.45. The first-order chi connectivity index (χ1) is 9.31. The van der Waals surface area contributed by atoms with Crippen LogP contribution in [-0.2, 0) is 19.4 Å². The molecule has 2 nitrogen and oxygen atoms in total. The zero-order valence-electron chi connectivity index (χ0n) is 12.1. The molecule has 104 valence electrons.